The van der Waals surface area contributed by atoms with E-state index in [1.54, 1.807) is 19.2 Å². The molecule has 0 aliphatic rings. The Labute approximate surface area is 156 Å². The number of hydrogen-bond acceptors (Lipinski definition) is 4. The molecule has 0 aromatic heterocycles. The molecule has 0 unspecified atom stereocenters. The monoisotopic (exact) mass is 404 g/mol. The Balaban J connectivity index is 1.88. The summed E-state index contributed by atoms with van der Waals surface area (Å²) < 4.78 is 6.06. The molecule has 2 aromatic carbocycles. The van der Waals surface area contributed by atoms with Crippen LogP contribution >= 0.6 is 15.9 Å². The van der Waals surface area contributed by atoms with Crippen LogP contribution in [0.25, 0.3) is 0 Å². The lowest BCUT2D eigenvalue weighted by atomic mass is 10.2. The number of hydrogen-bond donors (Lipinski definition) is 0. The molecule has 0 spiro atoms. The van der Waals surface area contributed by atoms with Crippen molar-refractivity contribution in [2.24, 2.45) is 0 Å². The minimum absolute atomic E-state index is 0.256. The number of anilines is 1. The molecule has 25 heavy (non-hydrogen) atoms. The average molecular weight is 405 g/mol. The summed E-state index contributed by atoms with van der Waals surface area (Å²) in [6.07, 6.45) is 0. The highest BCUT2D eigenvalue weighted by molar-refractivity contribution is 9.10. The molecule has 0 aliphatic carbocycles. The minimum atomic E-state index is -0.507. The standard InChI is InChI=1S/C19H21BrN2O3/c1-21(2)16-10-8-14(9-11-16)19(24)25-13-18(23)22(3)12-15-6-4-5-7-17(15)20/h4-11H,12-13H2,1-3H3. The normalized spacial score (nSPS) is 10.2. The third-order valence-corrected chi connectivity index (χ3v) is 4.51. The van der Waals surface area contributed by atoms with Gasteiger partial charge in [0.15, 0.2) is 6.61 Å². The van der Waals surface area contributed by atoms with Crippen LogP contribution in [0.5, 0.6) is 0 Å². The van der Waals surface area contributed by atoms with Crippen molar-refractivity contribution >= 4 is 33.5 Å². The van der Waals surface area contributed by atoms with Crippen molar-refractivity contribution in [1.29, 1.82) is 0 Å². The number of benzene rings is 2. The van der Waals surface area contributed by atoms with Gasteiger partial charge in [0, 0.05) is 37.8 Å². The topological polar surface area (TPSA) is 49.9 Å². The fourth-order valence-electron chi connectivity index (χ4n) is 2.19. The number of carbonyl (C=O) groups is 2. The first-order valence-electron chi connectivity index (χ1n) is 7.80. The number of carbonyl (C=O) groups excluding carboxylic acids is 2. The molecule has 132 valence electrons. The predicted molar refractivity (Wildman–Crippen MR) is 102 cm³/mol. The Bertz CT molecular complexity index is 745. The maximum absolute atomic E-state index is 12.2. The van der Waals surface area contributed by atoms with E-state index in [-0.39, 0.29) is 12.5 Å². The molecule has 0 saturated carbocycles. The van der Waals surface area contributed by atoms with E-state index < -0.39 is 5.97 Å². The zero-order valence-corrected chi connectivity index (χ0v) is 16.1. The Morgan fingerprint density at radius 2 is 1.64 bits per heavy atom. The van der Waals surface area contributed by atoms with E-state index in [2.05, 4.69) is 15.9 Å². The van der Waals surface area contributed by atoms with Crippen molar-refractivity contribution in [2.75, 3.05) is 32.6 Å². The number of nitrogens with zero attached hydrogens (tertiary/aromatic N) is 2. The van der Waals surface area contributed by atoms with Gasteiger partial charge in [-0.3, -0.25) is 4.79 Å². The summed E-state index contributed by atoms with van der Waals surface area (Å²) in [5.41, 5.74) is 2.40. The van der Waals surface area contributed by atoms with Crippen LogP contribution in [0.3, 0.4) is 0 Å². The van der Waals surface area contributed by atoms with Crippen LogP contribution in [0, 0.1) is 0 Å². The molecule has 0 N–H and O–H groups in total. The smallest absolute Gasteiger partial charge is 0.338 e. The first-order valence-corrected chi connectivity index (χ1v) is 8.59. The summed E-state index contributed by atoms with van der Waals surface area (Å²) in [5, 5.41) is 0. The van der Waals surface area contributed by atoms with E-state index >= 15 is 0 Å². The Morgan fingerprint density at radius 1 is 1.00 bits per heavy atom. The van der Waals surface area contributed by atoms with Gasteiger partial charge in [-0.15, -0.1) is 0 Å². The molecular weight excluding hydrogens is 384 g/mol. The van der Waals surface area contributed by atoms with Gasteiger partial charge in [-0.25, -0.2) is 4.79 Å². The van der Waals surface area contributed by atoms with Crippen molar-refractivity contribution in [3.8, 4) is 0 Å². The van der Waals surface area contributed by atoms with Gasteiger partial charge < -0.3 is 14.5 Å². The maximum Gasteiger partial charge on any atom is 0.338 e. The van der Waals surface area contributed by atoms with E-state index in [1.807, 2.05) is 55.4 Å². The van der Waals surface area contributed by atoms with Crippen LogP contribution in [0.15, 0.2) is 53.0 Å². The molecule has 0 aliphatic heterocycles. The van der Waals surface area contributed by atoms with Crippen LogP contribution in [0.4, 0.5) is 5.69 Å². The number of rotatable bonds is 6. The number of esters is 1. The summed E-state index contributed by atoms with van der Waals surface area (Å²) in [7, 11) is 5.53. The summed E-state index contributed by atoms with van der Waals surface area (Å²) in [5.74, 6) is -0.762. The van der Waals surface area contributed by atoms with Gasteiger partial charge >= 0.3 is 5.97 Å². The van der Waals surface area contributed by atoms with Crippen LogP contribution in [-0.4, -0.2) is 44.5 Å². The largest absolute Gasteiger partial charge is 0.452 e. The van der Waals surface area contributed by atoms with Gasteiger partial charge in [0.25, 0.3) is 5.91 Å². The molecular formula is C19H21BrN2O3. The molecule has 0 radical (unpaired) electrons. The molecule has 6 heteroatoms. The molecule has 1 amide bonds. The average Bonchev–Trinajstić information content (AvgIpc) is 2.61. The van der Waals surface area contributed by atoms with Crippen molar-refractivity contribution in [2.45, 2.75) is 6.54 Å². The molecule has 0 saturated heterocycles. The Hall–Kier alpha value is -2.34. The van der Waals surface area contributed by atoms with E-state index in [1.165, 1.54) is 4.90 Å². The summed E-state index contributed by atoms with van der Waals surface area (Å²) in [4.78, 5) is 27.7. The second-order valence-corrected chi connectivity index (χ2v) is 6.71. The fourth-order valence-corrected chi connectivity index (χ4v) is 2.60. The Morgan fingerprint density at radius 3 is 2.24 bits per heavy atom. The second kappa shape index (κ2) is 8.67. The van der Waals surface area contributed by atoms with E-state index in [0.29, 0.717) is 12.1 Å². The number of halogens is 1. The van der Waals surface area contributed by atoms with Crippen LogP contribution in [0.1, 0.15) is 15.9 Å². The van der Waals surface area contributed by atoms with Crippen LogP contribution in [-0.2, 0) is 16.1 Å². The van der Waals surface area contributed by atoms with Gasteiger partial charge in [0.2, 0.25) is 0 Å². The Kier molecular flexibility index (Phi) is 6.58. The van der Waals surface area contributed by atoms with Gasteiger partial charge in [-0.1, -0.05) is 34.1 Å². The summed E-state index contributed by atoms with van der Waals surface area (Å²) in [6, 6.07) is 14.7. The zero-order valence-electron chi connectivity index (χ0n) is 14.5. The van der Waals surface area contributed by atoms with E-state index in [9.17, 15) is 9.59 Å². The number of likely N-dealkylation sites (N-methyl/N-ethyl adjacent to an activating group) is 1. The van der Waals surface area contributed by atoms with Gasteiger partial charge in [-0.2, -0.15) is 0 Å². The molecule has 0 atom stereocenters. The van der Waals surface area contributed by atoms with Crippen molar-refractivity contribution < 1.29 is 14.3 Å². The lowest BCUT2D eigenvalue weighted by Gasteiger charge is -2.18. The van der Waals surface area contributed by atoms with Gasteiger partial charge in [0.1, 0.15) is 0 Å². The highest BCUT2D eigenvalue weighted by Gasteiger charge is 2.14. The highest BCUT2D eigenvalue weighted by Crippen LogP contribution is 2.17. The minimum Gasteiger partial charge on any atom is -0.452 e. The second-order valence-electron chi connectivity index (χ2n) is 5.86. The van der Waals surface area contributed by atoms with Crippen LogP contribution in [0.2, 0.25) is 0 Å². The highest BCUT2D eigenvalue weighted by atomic mass is 79.9. The quantitative estimate of drug-likeness (QED) is 0.692. The molecule has 2 rings (SSSR count). The number of ether oxygens (including phenoxy) is 1. The van der Waals surface area contributed by atoms with Crippen molar-refractivity contribution in [3.63, 3.8) is 0 Å². The van der Waals surface area contributed by atoms with E-state index in [0.717, 1.165) is 15.7 Å². The molecule has 0 fully saturated rings. The maximum atomic E-state index is 12.2. The predicted octanol–water partition coefficient (Wildman–Crippen LogP) is 3.33. The third kappa shape index (κ3) is 5.32. The molecule has 5 nitrogen and oxygen atoms in total. The van der Waals surface area contributed by atoms with Gasteiger partial charge in [0.05, 0.1) is 5.56 Å². The van der Waals surface area contributed by atoms with E-state index in [4.69, 9.17) is 4.74 Å². The van der Waals surface area contributed by atoms with Crippen molar-refractivity contribution in [1.82, 2.24) is 4.90 Å². The lowest BCUT2D eigenvalue weighted by Crippen LogP contribution is -2.31. The summed E-state index contributed by atoms with van der Waals surface area (Å²) in [6.45, 7) is 0.157. The summed E-state index contributed by atoms with van der Waals surface area (Å²) >= 11 is 3.46. The SMILES string of the molecule is CN(Cc1ccccc1Br)C(=O)COC(=O)c1ccc(N(C)C)cc1. The first kappa shape index (κ1) is 19.0. The van der Waals surface area contributed by atoms with Gasteiger partial charge in [-0.05, 0) is 35.9 Å². The molecule has 2 aromatic rings. The molecule has 0 bridgehead atoms. The third-order valence-electron chi connectivity index (χ3n) is 3.74. The number of amides is 1. The fraction of sp³-hybridized carbons (Fsp3) is 0.263. The van der Waals surface area contributed by atoms with Crippen LogP contribution < -0.4 is 4.90 Å². The molecule has 0 heterocycles. The zero-order chi connectivity index (χ0) is 18.4. The lowest BCUT2D eigenvalue weighted by molar-refractivity contribution is -0.133. The first-order chi connectivity index (χ1) is 11.9. The van der Waals surface area contributed by atoms with Crippen molar-refractivity contribution in [3.05, 3.63) is 64.1 Å².